The third kappa shape index (κ3) is 6.02. The second-order valence-corrected chi connectivity index (χ2v) is 20.6. The third-order valence-corrected chi connectivity index (χ3v) is 18.2. The van der Waals surface area contributed by atoms with Gasteiger partial charge in [0.05, 0.1) is 16.7 Å². The van der Waals surface area contributed by atoms with Gasteiger partial charge in [0.2, 0.25) is 0 Å². The molecule has 0 radical (unpaired) electrons. The molecule has 300 valence electrons. The zero-order chi connectivity index (χ0) is 42.5. The molecule has 0 N–H and O–H groups in total. The average Bonchev–Trinajstić information content (AvgIpc) is 3.71. The normalized spacial score (nSPS) is 12.3. The Morgan fingerprint density at radius 1 is 0.328 bits per heavy atom. The third-order valence-electron chi connectivity index (χ3n) is 13.4. The summed E-state index contributed by atoms with van der Waals surface area (Å²) in [6, 6.07) is 96.8. The summed E-state index contributed by atoms with van der Waals surface area (Å²) in [6.07, 6.45) is 0. The van der Waals surface area contributed by atoms with Gasteiger partial charge in [-0.3, -0.25) is 0 Å². The molecule has 10 aromatic carbocycles. The maximum atomic E-state index is 2.55. The Morgan fingerprint density at radius 3 is 1.55 bits per heavy atom. The molecular weight excluding hydrogens is 788 g/mol. The molecule has 0 saturated heterocycles. The highest BCUT2D eigenvalue weighted by Crippen LogP contribution is 2.42. The van der Waals surface area contributed by atoms with E-state index in [1.54, 1.807) is 0 Å². The van der Waals surface area contributed by atoms with Crippen LogP contribution in [0.25, 0.3) is 49.7 Å². The van der Waals surface area contributed by atoms with E-state index in [1.807, 2.05) is 0 Å². The van der Waals surface area contributed by atoms with Crippen molar-refractivity contribution in [3.63, 3.8) is 0 Å². The van der Waals surface area contributed by atoms with E-state index in [4.69, 9.17) is 0 Å². The Bertz CT molecular complexity index is 3360. The lowest BCUT2D eigenvalue weighted by Crippen LogP contribution is -2.74. The maximum Gasteiger partial charge on any atom is 0.328 e. The number of anilines is 2. The fourth-order valence-electron chi connectivity index (χ4n) is 10.7. The number of hydrogen-bond donors (Lipinski definition) is 0. The van der Waals surface area contributed by atoms with E-state index >= 15 is 0 Å². The molecule has 2 nitrogen and oxygen atoms in total. The molecule has 0 aliphatic carbocycles. The van der Waals surface area contributed by atoms with Crippen LogP contribution in [0.15, 0.2) is 261 Å². The van der Waals surface area contributed by atoms with Crippen LogP contribution in [0.3, 0.4) is 0 Å². The van der Waals surface area contributed by atoms with Crippen LogP contribution in [0, 0.1) is 0 Å². The lowest BCUT2D eigenvalue weighted by molar-refractivity contribution is 1.18. The number of rotatable bonds is 8. The van der Waals surface area contributed by atoms with Gasteiger partial charge >= 0.3 is 6.85 Å². The first-order chi connectivity index (χ1) is 31.8. The van der Waals surface area contributed by atoms with Crippen LogP contribution in [-0.4, -0.2) is 19.5 Å². The standard InChI is InChI=1S/C60H43BN2Si/c1-5-23-45(24-6-1)61-56-36-17-13-33-52(56)53-34-16-20-39-59(53)63(61)46-25-21-22-44(42-46)51-32-14-18-37-57(51)62-58-38-19-15-35-54(58)55-41-40-50(43-60(55)62)64(47-26-7-2-8-27-47,48-28-9-3-10-29-48)49-30-11-4-12-31-49/h1-43H. The van der Waals surface area contributed by atoms with Crippen molar-refractivity contribution in [1.82, 2.24) is 4.57 Å². The van der Waals surface area contributed by atoms with Crippen molar-refractivity contribution in [3.05, 3.63) is 261 Å². The first-order valence-electron chi connectivity index (χ1n) is 22.2. The molecule has 1 aromatic heterocycles. The molecule has 64 heavy (non-hydrogen) atoms. The summed E-state index contributed by atoms with van der Waals surface area (Å²) < 4.78 is 2.52. The number of nitrogens with zero attached hydrogens (tertiary/aromatic N) is 2. The molecule has 0 unspecified atom stereocenters. The van der Waals surface area contributed by atoms with Gasteiger partial charge < -0.3 is 9.38 Å². The smallest absolute Gasteiger partial charge is 0.328 e. The Balaban J connectivity index is 1.08. The average molecular weight is 831 g/mol. The molecule has 0 bridgehead atoms. The quantitative estimate of drug-likeness (QED) is 0.109. The Morgan fingerprint density at radius 2 is 0.859 bits per heavy atom. The van der Waals surface area contributed by atoms with E-state index < -0.39 is 8.07 Å². The molecule has 2 heterocycles. The van der Waals surface area contributed by atoms with E-state index in [2.05, 4.69) is 270 Å². The monoisotopic (exact) mass is 830 g/mol. The highest BCUT2D eigenvalue weighted by molar-refractivity contribution is 7.20. The topological polar surface area (TPSA) is 8.17 Å². The fraction of sp³-hybridized carbons (Fsp3) is 0. The molecule has 0 fully saturated rings. The highest BCUT2D eigenvalue weighted by atomic mass is 28.3. The highest BCUT2D eigenvalue weighted by Gasteiger charge is 2.42. The molecule has 1 aliphatic rings. The van der Waals surface area contributed by atoms with Crippen LogP contribution >= 0.6 is 0 Å². The number of aromatic nitrogens is 1. The van der Waals surface area contributed by atoms with E-state index in [0.29, 0.717) is 0 Å². The molecule has 1 aliphatic heterocycles. The zero-order valence-corrected chi connectivity index (χ0v) is 36.3. The van der Waals surface area contributed by atoms with E-state index in [-0.39, 0.29) is 6.85 Å². The predicted molar refractivity (Wildman–Crippen MR) is 275 cm³/mol. The fourth-order valence-corrected chi connectivity index (χ4v) is 15.5. The van der Waals surface area contributed by atoms with Crippen molar-refractivity contribution in [3.8, 4) is 27.9 Å². The SMILES string of the molecule is c1ccc(B2c3ccccc3-c3ccccc3N2c2cccc(-c3ccccc3-n3c4ccccc4c4ccc([Si](c5ccccc5)(c5ccccc5)c5ccccc5)cc43)c2)cc1. The largest absolute Gasteiger partial charge is 0.376 e. The summed E-state index contributed by atoms with van der Waals surface area (Å²) >= 11 is 0. The van der Waals surface area contributed by atoms with Gasteiger partial charge in [0.25, 0.3) is 0 Å². The van der Waals surface area contributed by atoms with Crippen molar-refractivity contribution >= 4 is 79.8 Å². The van der Waals surface area contributed by atoms with Gasteiger partial charge in [-0.25, -0.2) is 0 Å². The molecule has 0 spiro atoms. The molecule has 0 saturated carbocycles. The lowest BCUT2D eigenvalue weighted by Gasteiger charge is -2.39. The number of hydrogen-bond acceptors (Lipinski definition) is 1. The minimum Gasteiger partial charge on any atom is -0.376 e. The minimum atomic E-state index is -2.80. The van der Waals surface area contributed by atoms with E-state index in [0.717, 1.165) is 11.4 Å². The summed E-state index contributed by atoms with van der Waals surface area (Å²) in [7, 11) is -2.80. The molecule has 0 atom stereocenters. The molecule has 12 rings (SSSR count). The Kier molecular flexibility index (Phi) is 9.32. The second kappa shape index (κ2) is 15.8. The Hall–Kier alpha value is -7.92. The van der Waals surface area contributed by atoms with Crippen molar-refractivity contribution < 1.29 is 0 Å². The molecule has 0 amide bonds. The number of benzene rings is 10. The van der Waals surface area contributed by atoms with Crippen LogP contribution in [0.1, 0.15) is 0 Å². The maximum absolute atomic E-state index is 2.80. The molecule has 4 heteroatoms. The van der Waals surface area contributed by atoms with E-state index in [1.165, 1.54) is 81.4 Å². The summed E-state index contributed by atoms with van der Waals surface area (Å²) in [5, 5.41) is 7.93. The van der Waals surface area contributed by atoms with Crippen LogP contribution in [0.4, 0.5) is 11.4 Å². The summed E-state index contributed by atoms with van der Waals surface area (Å²) in [4.78, 5) is 2.55. The van der Waals surface area contributed by atoms with Gasteiger partial charge in [0.15, 0.2) is 8.07 Å². The van der Waals surface area contributed by atoms with Gasteiger partial charge in [-0.15, -0.1) is 0 Å². The van der Waals surface area contributed by atoms with Crippen LogP contribution < -0.4 is 36.5 Å². The van der Waals surface area contributed by atoms with Gasteiger partial charge in [-0.1, -0.05) is 230 Å². The number of fused-ring (bicyclic) bond motifs is 6. The van der Waals surface area contributed by atoms with Gasteiger partial charge in [0.1, 0.15) is 0 Å². The van der Waals surface area contributed by atoms with Gasteiger partial charge in [-0.2, -0.15) is 0 Å². The van der Waals surface area contributed by atoms with Gasteiger partial charge in [0, 0.05) is 33.3 Å². The molecular formula is C60H43BN2Si. The summed E-state index contributed by atoms with van der Waals surface area (Å²) in [5.74, 6) is 0. The van der Waals surface area contributed by atoms with Crippen molar-refractivity contribution in [2.75, 3.05) is 4.81 Å². The molecule has 11 aromatic rings. The first kappa shape index (κ1) is 37.8. The zero-order valence-electron chi connectivity index (χ0n) is 35.3. The summed E-state index contributed by atoms with van der Waals surface area (Å²) in [6.45, 7) is -0.00294. The van der Waals surface area contributed by atoms with Crippen molar-refractivity contribution in [2.24, 2.45) is 0 Å². The minimum absolute atomic E-state index is 0.00294. The van der Waals surface area contributed by atoms with Crippen molar-refractivity contribution in [2.45, 2.75) is 0 Å². The predicted octanol–water partition coefficient (Wildman–Crippen LogP) is 10.8. The first-order valence-corrected chi connectivity index (χ1v) is 24.2. The second-order valence-electron chi connectivity index (χ2n) is 16.8. The van der Waals surface area contributed by atoms with Crippen LogP contribution in [0.5, 0.6) is 0 Å². The van der Waals surface area contributed by atoms with Crippen molar-refractivity contribution in [1.29, 1.82) is 0 Å². The van der Waals surface area contributed by atoms with E-state index in [9.17, 15) is 0 Å². The Labute approximate surface area is 376 Å². The lowest BCUT2D eigenvalue weighted by atomic mass is 9.46. The van der Waals surface area contributed by atoms with Crippen LogP contribution in [0.2, 0.25) is 0 Å². The van der Waals surface area contributed by atoms with Crippen LogP contribution in [-0.2, 0) is 0 Å². The number of para-hydroxylation sites is 3. The summed E-state index contributed by atoms with van der Waals surface area (Å²) in [5.41, 5.74) is 13.3. The van der Waals surface area contributed by atoms with Gasteiger partial charge in [-0.05, 0) is 73.7 Å².